The molecule has 0 aliphatic rings. The van der Waals surface area contributed by atoms with E-state index in [1.165, 1.54) is 0 Å². The minimum absolute atomic E-state index is 0.195. The number of amides is 2. The smallest absolute Gasteiger partial charge is 0.314 e. The number of carbonyl (C=O) groups excluding carboxylic acids is 1. The summed E-state index contributed by atoms with van der Waals surface area (Å²) in [5.74, 6) is 0.813. The number of hydrogen-bond donors (Lipinski definition) is 2. The Morgan fingerprint density at radius 2 is 1.87 bits per heavy atom. The van der Waals surface area contributed by atoms with E-state index in [-0.39, 0.29) is 6.03 Å². The molecule has 2 N–H and O–H groups in total. The van der Waals surface area contributed by atoms with Crippen LogP contribution in [0.15, 0.2) is 48.5 Å². The van der Waals surface area contributed by atoms with Crippen molar-refractivity contribution in [1.29, 1.82) is 0 Å². The summed E-state index contributed by atoms with van der Waals surface area (Å²) in [5.41, 5.74) is 2.25. The van der Waals surface area contributed by atoms with E-state index in [1.54, 1.807) is 0 Å². The topological polar surface area (TPSA) is 50.4 Å². The van der Waals surface area contributed by atoms with Crippen LogP contribution < -0.4 is 15.4 Å². The van der Waals surface area contributed by atoms with Gasteiger partial charge < -0.3 is 15.4 Å². The Labute approximate surface area is 141 Å². The number of ether oxygens (including phenoxy) is 1. The van der Waals surface area contributed by atoms with Gasteiger partial charge in [-0.05, 0) is 48.7 Å². The average Bonchev–Trinajstić information content (AvgIpc) is 2.52. The van der Waals surface area contributed by atoms with Gasteiger partial charge in [-0.25, -0.2) is 4.79 Å². The summed E-state index contributed by atoms with van der Waals surface area (Å²) in [7, 11) is 0. The quantitative estimate of drug-likeness (QED) is 0.761. The molecular formula is C18H21ClN2O2. The first kappa shape index (κ1) is 17.2. The molecule has 0 saturated carbocycles. The molecule has 0 aliphatic heterocycles. The summed E-state index contributed by atoms with van der Waals surface area (Å²) < 4.78 is 5.57. The van der Waals surface area contributed by atoms with E-state index >= 15 is 0 Å². The molecule has 2 amide bonds. The van der Waals surface area contributed by atoms with Crippen LogP contribution in [0.2, 0.25) is 5.02 Å². The van der Waals surface area contributed by atoms with E-state index in [4.69, 9.17) is 16.3 Å². The Bertz CT molecular complexity index is 646. The third-order valence-electron chi connectivity index (χ3n) is 3.23. The van der Waals surface area contributed by atoms with Crippen LogP contribution in [0, 0.1) is 6.92 Å². The Hall–Kier alpha value is -2.20. The molecule has 0 bridgehead atoms. The van der Waals surface area contributed by atoms with Gasteiger partial charge in [0.15, 0.2) is 0 Å². The lowest BCUT2D eigenvalue weighted by atomic mass is 10.1. The van der Waals surface area contributed by atoms with E-state index in [9.17, 15) is 4.79 Å². The number of nitrogens with one attached hydrogen (secondary N) is 2. The summed E-state index contributed by atoms with van der Waals surface area (Å²) in [6.45, 7) is 3.46. The second-order valence-corrected chi connectivity index (χ2v) is 5.66. The molecular weight excluding hydrogens is 312 g/mol. The third-order valence-corrected chi connectivity index (χ3v) is 3.47. The summed E-state index contributed by atoms with van der Waals surface area (Å²) in [6.07, 6.45) is 0.744. The van der Waals surface area contributed by atoms with Crippen LogP contribution in [-0.2, 0) is 6.42 Å². The Morgan fingerprint density at radius 1 is 1.09 bits per heavy atom. The molecule has 2 aromatic rings. The predicted octanol–water partition coefficient (Wildman–Crippen LogP) is 3.57. The number of benzene rings is 2. The maximum Gasteiger partial charge on any atom is 0.314 e. The molecule has 0 fully saturated rings. The standard InChI is InChI=1S/C18H21ClN2O2/c1-14-4-2-7-17(12-14)23-11-10-21-18(22)20-9-8-15-5-3-6-16(19)13-15/h2-7,12-13H,8-11H2,1H3,(H2,20,21,22). The highest BCUT2D eigenvalue weighted by Gasteiger charge is 2.00. The minimum atomic E-state index is -0.195. The Balaban J connectivity index is 1.58. The first-order chi connectivity index (χ1) is 11.1. The lowest BCUT2D eigenvalue weighted by Gasteiger charge is -2.09. The van der Waals surface area contributed by atoms with Gasteiger partial charge >= 0.3 is 6.03 Å². The van der Waals surface area contributed by atoms with E-state index in [2.05, 4.69) is 10.6 Å². The fraction of sp³-hybridized carbons (Fsp3) is 0.278. The monoisotopic (exact) mass is 332 g/mol. The predicted molar refractivity (Wildman–Crippen MR) is 93.2 cm³/mol. The highest BCUT2D eigenvalue weighted by Crippen LogP contribution is 2.12. The number of aryl methyl sites for hydroxylation is 1. The van der Waals surface area contributed by atoms with E-state index in [0.717, 1.165) is 23.3 Å². The van der Waals surface area contributed by atoms with E-state index < -0.39 is 0 Å². The summed E-state index contributed by atoms with van der Waals surface area (Å²) in [5, 5.41) is 6.28. The van der Waals surface area contributed by atoms with Crippen LogP contribution in [0.25, 0.3) is 0 Å². The maximum atomic E-state index is 11.7. The van der Waals surface area contributed by atoms with Crippen molar-refractivity contribution < 1.29 is 9.53 Å². The number of hydrogen-bond acceptors (Lipinski definition) is 2. The molecule has 0 unspecified atom stereocenters. The molecule has 0 spiro atoms. The molecule has 0 atom stereocenters. The fourth-order valence-electron chi connectivity index (χ4n) is 2.11. The molecule has 0 radical (unpaired) electrons. The summed E-state index contributed by atoms with van der Waals surface area (Å²) >= 11 is 5.92. The summed E-state index contributed by atoms with van der Waals surface area (Å²) in [4.78, 5) is 11.7. The molecule has 0 aromatic heterocycles. The molecule has 2 rings (SSSR count). The molecule has 4 nitrogen and oxygen atoms in total. The van der Waals surface area contributed by atoms with Gasteiger partial charge in [0.1, 0.15) is 12.4 Å². The second kappa shape index (κ2) is 9.06. The van der Waals surface area contributed by atoms with Crippen LogP contribution in [0.4, 0.5) is 4.79 Å². The average molecular weight is 333 g/mol. The van der Waals surface area contributed by atoms with Gasteiger partial charge in [0, 0.05) is 11.6 Å². The van der Waals surface area contributed by atoms with Gasteiger partial charge in [0.25, 0.3) is 0 Å². The zero-order valence-corrected chi connectivity index (χ0v) is 13.9. The van der Waals surface area contributed by atoms with Crippen LogP contribution in [-0.4, -0.2) is 25.7 Å². The molecule has 0 heterocycles. The van der Waals surface area contributed by atoms with Crippen molar-refractivity contribution in [2.24, 2.45) is 0 Å². The normalized spacial score (nSPS) is 10.2. The van der Waals surface area contributed by atoms with Gasteiger partial charge in [-0.2, -0.15) is 0 Å². The highest BCUT2D eigenvalue weighted by atomic mass is 35.5. The largest absolute Gasteiger partial charge is 0.492 e. The van der Waals surface area contributed by atoms with Gasteiger partial charge in [0.2, 0.25) is 0 Å². The number of urea groups is 1. The van der Waals surface area contributed by atoms with Crippen molar-refractivity contribution in [3.8, 4) is 5.75 Å². The van der Waals surface area contributed by atoms with Crippen molar-refractivity contribution in [2.75, 3.05) is 19.7 Å². The van der Waals surface area contributed by atoms with Crippen molar-refractivity contribution in [2.45, 2.75) is 13.3 Å². The highest BCUT2D eigenvalue weighted by molar-refractivity contribution is 6.30. The van der Waals surface area contributed by atoms with E-state index in [0.29, 0.717) is 24.7 Å². The van der Waals surface area contributed by atoms with Crippen LogP contribution in [0.5, 0.6) is 5.75 Å². The number of rotatable bonds is 7. The van der Waals surface area contributed by atoms with Gasteiger partial charge in [0.05, 0.1) is 6.54 Å². The van der Waals surface area contributed by atoms with Crippen molar-refractivity contribution >= 4 is 17.6 Å². The van der Waals surface area contributed by atoms with Crippen LogP contribution in [0.3, 0.4) is 0 Å². The van der Waals surface area contributed by atoms with Crippen LogP contribution >= 0.6 is 11.6 Å². The third kappa shape index (κ3) is 6.61. The number of halogens is 1. The Kier molecular flexibility index (Phi) is 6.76. The Morgan fingerprint density at radius 3 is 2.65 bits per heavy atom. The number of carbonyl (C=O) groups is 1. The van der Waals surface area contributed by atoms with Gasteiger partial charge in [-0.15, -0.1) is 0 Å². The molecule has 5 heteroatoms. The first-order valence-corrected chi connectivity index (χ1v) is 7.97. The molecule has 122 valence electrons. The van der Waals surface area contributed by atoms with E-state index in [1.807, 2.05) is 55.5 Å². The molecule has 2 aromatic carbocycles. The zero-order chi connectivity index (χ0) is 16.5. The summed E-state index contributed by atoms with van der Waals surface area (Å²) in [6, 6.07) is 15.2. The molecule has 23 heavy (non-hydrogen) atoms. The van der Waals surface area contributed by atoms with Crippen molar-refractivity contribution in [1.82, 2.24) is 10.6 Å². The first-order valence-electron chi connectivity index (χ1n) is 7.59. The maximum absolute atomic E-state index is 11.7. The zero-order valence-electron chi connectivity index (χ0n) is 13.1. The van der Waals surface area contributed by atoms with Gasteiger partial charge in [-0.1, -0.05) is 35.9 Å². The van der Waals surface area contributed by atoms with Gasteiger partial charge in [-0.3, -0.25) is 0 Å². The minimum Gasteiger partial charge on any atom is -0.492 e. The molecule has 0 aliphatic carbocycles. The second-order valence-electron chi connectivity index (χ2n) is 5.23. The van der Waals surface area contributed by atoms with Crippen LogP contribution in [0.1, 0.15) is 11.1 Å². The van der Waals surface area contributed by atoms with Crippen molar-refractivity contribution in [3.63, 3.8) is 0 Å². The lowest BCUT2D eigenvalue weighted by Crippen LogP contribution is -2.38. The molecule has 0 saturated heterocycles. The SMILES string of the molecule is Cc1cccc(OCCNC(=O)NCCc2cccc(Cl)c2)c1. The lowest BCUT2D eigenvalue weighted by molar-refractivity contribution is 0.236. The fourth-order valence-corrected chi connectivity index (χ4v) is 2.33. The van der Waals surface area contributed by atoms with Crippen molar-refractivity contribution in [3.05, 3.63) is 64.7 Å².